The third-order valence-electron chi connectivity index (χ3n) is 3.31. The van der Waals surface area contributed by atoms with E-state index in [9.17, 15) is 9.59 Å². The third kappa shape index (κ3) is 3.23. The molecule has 104 valence electrons. The molecule has 1 fully saturated rings. The van der Waals surface area contributed by atoms with Crippen LogP contribution in [0.25, 0.3) is 0 Å². The second-order valence-electron chi connectivity index (χ2n) is 4.92. The summed E-state index contributed by atoms with van der Waals surface area (Å²) in [4.78, 5) is 27.2. The molecule has 0 bridgehead atoms. The first-order chi connectivity index (χ1) is 8.94. The Morgan fingerprint density at radius 3 is 2.79 bits per heavy atom. The lowest BCUT2D eigenvalue weighted by Gasteiger charge is -2.24. The number of carboxylic acid groups (broad SMARTS) is 1. The maximum absolute atomic E-state index is 11.8. The lowest BCUT2D eigenvalue weighted by molar-refractivity contribution is -0.143. The third-order valence-corrected chi connectivity index (χ3v) is 4.08. The minimum Gasteiger partial charge on any atom is -0.480 e. The summed E-state index contributed by atoms with van der Waals surface area (Å²) >= 11 is 1.36. The summed E-state index contributed by atoms with van der Waals surface area (Å²) in [6, 6.07) is -0.538. The van der Waals surface area contributed by atoms with E-state index < -0.39 is 17.5 Å². The van der Waals surface area contributed by atoms with Gasteiger partial charge in [0.25, 0.3) is 0 Å². The number of carboxylic acids is 1. The molecule has 2 rings (SSSR count). The second kappa shape index (κ2) is 5.16. The standard InChI is InChI=1S/C12H17N3O3S/c1-3-12(2,9(16)17)15-10(18)14-11-13-8(6-19-11)7-4-5-7/h6-7H,3-5H2,1-2H3,(H,16,17)(H2,13,14,15,18). The lowest BCUT2D eigenvalue weighted by Crippen LogP contribution is -2.53. The molecule has 6 nitrogen and oxygen atoms in total. The van der Waals surface area contributed by atoms with Crippen molar-refractivity contribution in [2.24, 2.45) is 0 Å². The molecular formula is C12H17N3O3S. The van der Waals surface area contributed by atoms with E-state index in [1.807, 2.05) is 5.38 Å². The molecule has 1 aromatic heterocycles. The van der Waals surface area contributed by atoms with Crippen molar-refractivity contribution in [3.8, 4) is 0 Å². The van der Waals surface area contributed by atoms with Crippen molar-refractivity contribution >= 4 is 28.5 Å². The summed E-state index contributed by atoms with van der Waals surface area (Å²) in [6.07, 6.45) is 2.62. The van der Waals surface area contributed by atoms with E-state index in [0.29, 0.717) is 17.5 Å². The molecule has 1 aliphatic rings. The van der Waals surface area contributed by atoms with Crippen molar-refractivity contribution in [1.82, 2.24) is 10.3 Å². The first-order valence-electron chi connectivity index (χ1n) is 6.22. The molecule has 1 atom stereocenters. The normalized spacial score (nSPS) is 17.6. The zero-order chi connectivity index (χ0) is 14.0. The largest absolute Gasteiger partial charge is 0.480 e. The highest BCUT2D eigenvalue weighted by atomic mass is 32.1. The molecule has 0 aliphatic heterocycles. The van der Waals surface area contributed by atoms with Gasteiger partial charge >= 0.3 is 12.0 Å². The number of amides is 2. The van der Waals surface area contributed by atoms with E-state index in [4.69, 9.17) is 5.11 Å². The lowest BCUT2D eigenvalue weighted by atomic mass is 10.00. The van der Waals surface area contributed by atoms with E-state index >= 15 is 0 Å². The second-order valence-corrected chi connectivity index (χ2v) is 5.78. The Bertz CT molecular complexity index is 498. The van der Waals surface area contributed by atoms with Crippen LogP contribution in [-0.2, 0) is 4.79 Å². The van der Waals surface area contributed by atoms with Crippen LogP contribution in [0.4, 0.5) is 9.93 Å². The van der Waals surface area contributed by atoms with Crippen LogP contribution < -0.4 is 10.6 Å². The van der Waals surface area contributed by atoms with Crippen molar-refractivity contribution in [3.05, 3.63) is 11.1 Å². The zero-order valence-electron chi connectivity index (χ0n) is 10.9. The monoisotopic (exact) mass is 283 g/mol. The summed E-state index contributed by atoms with van der Waals surface area (Å²) in [5, 5.41) is 16.6. The molecule has 1 aromatic rings. The number of hydrogen-bond acceptors (Lipinski definition) is 4. The molecular weight excluding hydrogens is 266 g/mol. The molecule has 0 aromatic carbocycles. The van der Waals surface area contributed by atoms with Crippen LogP contribution in [0, 0.1) is 0 Å². The Kier molecular flexibility index (Phi) is 3.75. The summed E-state index contributed by atoms with van der Waals surface area (Å²) < 4.78 is 0. The SMILES string of the molecule is CCC(C)(NC(=O)Nc1nc(C2CC2)cs1)C(=O)O. The fourth-order valence-electron chi connectivity index (χ4n) is 1.58. The minimum absolute atomic E-state index is 0.306. The van der Waals surface area contributed by atoms with Gasteiger partial charge in [-0.3, -0.25) is 5.32 Å². The first-order valence-corrected chi connectivity index (χ1v) is 7.10. The predicted octanol–water partition coefficient (Wildman–Crippen LogP) is 2.40. The van der Waals surface area contributed by atoms with Gasteiger partial charge in [-0.2, -0.15) is 0 Å². The van der Waals surface area contributed by atoms with Crippen LogP contribution in [-0.4, -0.2) is 27.6 Å². The van der Waals surface area contributed by atoms with Gasteiger partial charge in [0.1, 0.15) is 5.54 Å². The van der Waals surface area contributed by atoms with E-state index in [1.165, 1.54) is 18.3 Å². The van der Waals surface area contributed by atoms with Crippen LogP contribution in [0.1, 0.15) is 44.7 Å². The minimum atomic E-state index is -1.26. The molecule has 1 unspecified atom stereocenters. The van der Waals surface area contributed by atoms with Gasteiger partial charge in [0.15, 0.2) is 5.13 Å². The number of thiazole rings is 1. The average Bonchev–Trinajstić information content (AvgIpc) is 3.10. The zero-order valence-corrected chi connectivity index (χ0v) is 11.7. The van der Waals surface area contributed by atoms with Gasteiger partial charge in [-0.05, 0) is 26.2 Å². The van der Waals surface area contributed by atoms with E-state index in [1.54, 1.807) is 6.92 Å². The van der Waals surface area contributed by atoms with E-state index in [0.717, 1.165) is 18.5 Å². The Balaban J connectivity index is 1.94. The summed E-state index contributed by atoms with van der Waals surface area (Å²) in [6.45, 7) is 3.19. The number of anilines is 1. The number of urea groups is 1. The van der Waals surface area contributed by atoms with Gasteiger partial charge < -0.3 is 10.4 Å². The maximum Gasteiger partial charge on any atom is 0.329 e. The number of nitrogens with one attached hydrogen (secondary N) is 2. The molecule has 1 aliphatic carbocycles. The maximum atomic E-state index is 11.8. The highest BCUT2D eigenvalue weighted by Gasteiger charge is 2.33. The molecule has 7 heteroatoms. The van der Waals surface area contributed by atoms with Crippen molar-refractivity contribution in [2.45, 2.75) is 44.6 Å². The molecule has 1 heterocycles. The van der Waals surface area contributed by atoms with Gasteiger partial charge in [-0.15, -0.1) is 11.3 Å². The Labute approximate surface area is 115 Å². The predicted molar refractivity (Wildman–Crippen MR) is 72.6 cm³/mol. The van der Waals surface area contributed by atoms with Gasteiger partial charge in [0.2, 0.25) is 0 Å². The molecule has 1 saturated carbocycles. The van der Waals surface area contributed by atoms with Gasteiger partial charge in [0.05, 0.1) is 5.69 Å². The first kappa shape index (κ1) is 13.8. The van der Waals surface area contributed by atoms with Gasteiger partial charge in [-0.1, -0.05) is 6.92 Å². The van der Waals surface area contributed by atoms with Crippen LogP contribution in [0.3, 0.4) is 0 Å². The topological polar surface area (TPSA) is 91.3 Å². The fourth-order valence-corrected chi connectivity index (χ4v) is 2.37. The van der Waals surface area contributed by atoms with Gasteiger partial charge in [0, 0.05) is 11.3 Å². The summed E-state index contributed by atoms with van der Waals surface area (Å²) in [5.41, 5.74) is -0.252. The number of carbonyl (C=O) groups is 2. The van der Waals surface area contributed by atoms with Crippen LogP contribution in [0.5, 0.6) is 0 Å². The molecule has 3 N–H and O–H groups in total. The number of hydrogen-bond donors (Lipinski definition) is 3. The van der Waals surface area contributed by atoms with Crippen molar-refractivity contribution < 1.29 is 14.7 Å². The quantitative estimate of drug-likeness (QED) is 0.773. The molecule has 19 heavy (non-hydrogen) atoms. The van der Waals surface area contributed by atoms with Crippen LogP contribution in [0.15, 0.2) is 5.38 Å². The Morgan fingerprint density at radius 2 is 2.26 bits per heavy atom. The number of nitrogens with zero attached hydrogens (tertiary/aromatic N) is 1. The number of carbonyl (C=O) groups excluding carboxylic acids is 1. The smallest absolute Gasteiger partial charge is 0.329 e. The average molecular weight is 283 g/mol. The van der Waals surface area contributed by atoms with E-state index in [2.05, 4.69) is 15.6 Å². The van der Waals surface area contributed by atoms with Crippen LogP contribution in [0.2, 0.25) is 0 Å². The number of aromatic nitrogens is 1. The Hall–Kier alpha value is -1.63. The molecule has 0 saturated heterocycles. The highest BCUT2D eigenvalue weighted by molar-refractivity contribution is 7.13. The van der Waals surface area contributed by atoms with E-state index in [-0.39, 0.29) is 0 Å². The molecule has 0 spiro atoms. The number of aliphatic carboxylic acids is 1. The van der Waals surface area contributed by atoms with Crippen molar-refractivity contribution in [3.63, 3.8) is 0 Å². The van der Waals surface area contributed by atoms with Crippen molar-refractivity contribution in [1.29, 1.82) is 0 Å². The van der Waals surface area contributed by atoms with Crippen LogP contribution >= 0.6 is 11.3 Å². The fraction of sp³-hybridized carbons (Fsp3) is 0.583. The highest BCUT2D eigenvalue weighted by Crippen LogP contribution is 2.40. The van der Waals surface area contributed by atoms with Crippen molar-refractivity contribution in [2.75, 3.05) is 5.32 Å². The van der Waals surface area contributed by atoms with Gasteiger partial charge in [-0.25, -0.2) is 14.6 Å². The summed E-state index contributed by atoms with van der Waals surface area (Å²) in [7, 11) is 0. The Morgan fingerprint density at radius 1 is 1.58 bits per heavy atom. The molecule has 2 amide bonds. The number of rotatable bonds is 5. The molecule has 0 radical (unpaired) electrons. The summed E-state index contributed by atoms with van der Waals surface area (Å²) in [5.74, 6) is -0.516.